The van der Waals surface area contributed by atoms with E-state index < -0.39 is 30.4 Å². The minimum atomic E-state index is -1.17. The number of benzene rings is 2. The number of rotatable bonds is 15. The van der Waals surface area contributed by atoms with Gasteiger partial charge in [-0.15, -0.1) is 0 Å². The van der Waals surface area contributed by atoms with Crippen molar-refractivity contribution < 1.29 is 29.3 Å². The molecule has 0 saturated carbocycles. The molecular formula is C33H41FN2O5. The van der Waals surface area contributed by atoms with Crippen LogP contribution in [-0.2, 0) is 9.59 Å². The molecule has 0 aliphatic heterocycles. The quantitative estimate of drug-likeness (QED) is 0.112. The third-order valence-electron chi connectivity index (χ3n) is 6.11. The minimum absolute atomic E-state index is 0.0113. The number of hydrogen-bond donors (Lipinski definition) is 5. The fourth-order valence-electron chi connectivity index (χ4n) is 4.27. The summed E-state index contributed by atoms with van der Waals surface area (Å²) in [7, 11) is 0. The highest BCUT2D eigenvalue weighted by molar-refractivity contribution is 6.15. The summed E-state index contributed by atoms with van der Waals surface area (Å²) in [4.78, 5) is 24.7. The molecule has 0 aromatic heterocycles. The maximum absolute atomic E-state index is 13.9. The Morgan fingerprint density at radius 1 is 0.951 bits per heavy atom. The van der Waals surface area contributed by atoms with Crippen LogP contribution in [0.3, 0.4) is 0 Å². The van der Waals surface area contributed by atoms with Crippen LogP contribution in [0, 0.1) is 11.7 Å². The number of halogens is 1. The number of aliphatic hydroxyl groups excluding tert-OH is 2. The Morgan fingerprint density at radius 3 is 2.17 bits per heavy atom. The van der Waals surface area contributed by atoms with E-state index in [-0.39, 0.29) is 31.2 Å². The molecule has 0 bridgehead atoms. The topological polar surface area (TPSA) is 119 Å². The predicted octanol–water partition coefficient (Wildman–Crippen LogP) is 5.44. The van der Waals surface area contributed by atoms with Crippen molar-refractivity contribution in [1.82, 2.24) is 10.6 Å². The predicted molar refractivity (Wildman–Crippen MR) is 161 cm³/mol. The van der Waals surface area contributed by atoms with E-state index in [4.69, 9.17) is 5.11 Å². The SMILES string of the molecule is C/C=C\C(=C/C)NC(=O)C(=C\C(C)C)/C(=C(\NCC[C@@H](O)C[C@@H](O)CC(=O)O)c1ccc(F)cc1)c1ccccc1. The van der Waals surface area contributed by atoms with Gasteiger partial charge in [0.1, 0.15) is 5.82 Å². The monoisotopic (exact) mass is 564 g/mol. The second kappa shape index (κ2) is 16.9. The van der Waals surface area contributed by atoms with Crippen LogP contribution in [0.1, 0.15) is 58.1 Å². The first-order valence-corrected chi connectivity index (χ1v) is 13.8. The summed E-state index contributed by atoms with van der Waals surface area (Å²) < 4.78 is 13.9. The van der Waals surface area contributed by atoms with Gasteiger partial charge in [0, 0.05) is 23.4 Å². The van der Waals surface area contributed by atoms with Gasteiger partial charge in [-0.2, -0.15) is 0 Å². The normalized spacial score (nSPS) is 14.5. The molecule has 41 heavy (non-hydrogen) atoms. The first-order chi connectivity index (χ1) is 19.5. The first-order valence-electron chi connectivity index (χ1n) is 13.8. The Kier molecular flexibility index (Phi) is 13.7. The maximum atomic E-state index is 13.9. The number of amides is 1. The molecule has 0 heterocycles. The molecule has 0 aliphatic rings. The molecule has 2 aromatic carbocycles. The molecule has 2 atom stereocenters. The Bertz CT molecular complexity index is 1260. The molecule has 0 radical (unpaired) electrons. The van der Waals surface area contributed by atoms with Gasteiger partial charge in [0.2, 0.25) is 0 Å². The van der Waals surface area contributed by atoms with Crippen molar-refractivity contribution in [3.8, 4) is 0 Å². The van der Waals surface area contributed by atoms with Crippen LogP contribution in [0.2, 0.25) is 0 Å². The third kappa shape index (κ3) is 11.2. The molecule has 8 heteroatoms. The Balaban J connectivity index is 2.64. The lowest BCUT2D eigenvalue weighted by Crippen LogP contribution is -2.27. The van der Waals surface area contributed by atoms with Gasteiger partial charge in [0.25, 0.3) is 5.91 Å². The zero-order valence-corrected chi connectivity index (χ0v) is 24.1. The zero-order chi connectivity index (χ0) is 30.4. The van der Waals surface area contributed by atoms with Gasteiger partial charge < -0.3 is 26.0 Å². The van der Waals surface area contributed by atoms with Gasteiger partial charge in [0.15, 0.2) is 0 Å². The smallest absolute Gasteiger partial charge is 0.305 e. The van der Waals surface area contributed by atoms with Gasteiger partial charge in [-0.25, -0.2) is 4.39 Å². The number of allylic oxidation sites excluding steroid dienone is 4. The fraction of sp³-hybridized carbons (Fsp3) is 0.333. The maximum Gasteiger partial charge on any atom is 0.305 e. The van der Waals surface area contributed by atoms with Crippen LogP contribution in [0.5, 0.6) is 0 Å². The van der Waals surface area contributed by atoms with Gasteiger partial charge in [-0.05, 0) is 74.1 Å². The van der Waals surface area contributed by atoms with Crippen molar-refractivity contribution >= 4 is 23.1 Å². The van der Waals surface area contributed by atoms with Crippen molar-refractivity contribution in [3.63, 3.8) is 0 Å². The zero-order valence-electron chi connectivity index (χ0n) is 24.1. The molecule has 2 rings (SSSR count). The van der Waals surface area contributed by atoms with Gasteiger partial charge >= 0.3 is 5.97 Å². The van der Waals surface area contributed by atoms with Crippen molar-refractivity contribution in [2.75, 3.05) is 6.54 Å². The van der Waals surface area contributed by atoms with Gasteiger partial charge in [0.05, 0.1) is 24.3 Å². The molecule has 0 spiro atoms. The number of aliphatic hydroxyl groups is 2. The summed E-state index contributed by atoms with van der Waals surface area (Å²) in [6.45, 7) is 7.88. The van der Waals surface area contributed by atoms with Crippen LogP contribution in [-0.4, -0.2) is 45.9 Å². The lowest BCUT2D eigenvalue weighted by Gasteiger charge is -2.22. The second-order valence-corrected chi connectivity index (χ2v) is 10.0. The average molecular weight is 565 g/mol. The van der Waals surface area contributed by atoms with Crippen molar-refractivity contribution in [1.29, 1.82) is 0 Å². The molecule has 2 aromatic rings. The van der Waals surface area contributed by atoms with Crippen molar-refractivity contribution in [2.45, 2.75) is 59.2 Å². The standard InChI is InChI=1S/C33H41FN2O5/c1-5-10-26(6-2)36-33(41)29(19-22(3)4)31(23-11-8-7-9-12-23)32(24-13-15-25(34)16-14-24)35-18-17-27(37)20-28(38)21-30(39)40/h5-16,19,22,27-28,35,37-38H,17-18,20-21H2,1-4H3,(H,36,41)(H,39,40)/b10-5-,26-6+,29-19-,32-31-/t27-,28-/m1/s1. The summed E-state index contributed by atoms with van der Waals surface area (Å²) in [6.07, 6.45) is 4.84. The molecule has 0 saturated heterocycles. The largest absolute Gasteiger partial charge is 0.481 e. The number of carbonyl (C=O) groups is 2. The molecule has 5 N–H and O–H groups in total. The van der Waals surface area contributed by atoms with Crippen LogP contribution in [0.25, 0.3) is 11.3 Å². The molecule has 0 unspecified atom stereocenters. The lowest BCUT2D eigenvalue weighted by atomic mass is 9.90. The Hall–Kier alpha value is -4.01. The Morgan fingerprint density at radius 2 is 1.61 bits per heavy atom. The summed E-state index contributed by atoms with van der Waals surface area (Å²) in [5, 5.41) is 35.6. The summed E-state index contributed by atoms with van der Waals surface area (Å²) in [5.74, 6) is -1.86. The number of carbonyl (C=O) groups excluding carboxylic acids is 1. The highest BCUT2D eigenvalue weighted by Crippen LogP contribution is 2.32. The first kappa shape index (κ1) is 33.2. The fourth-order valence-corrected chi connectivity index (χ4v) is 4.27. The van der Waals surface area contributed by atoms with E-state index >= 15 is 0 Å². The van der Waals surface area contributed by atoms with E-state index in [0.717, 1.165) is 5.56 Å². The summed E-state index contributed by atoms with van der Waals surface area (Å²) in [5.41, 5.74) is 3.60. The van der Waals surface area contributed by atoms with Gasteiger partial charge in [-0.3, -0.25) is 9.59 Å². The average Bonchev–Trinajstić information content (AvgIpc) is 2.91. The number of hydrogen-bond acceptors (Lipinski definition) is 5. The van der Waals surface area contributed by atoms with Crippen LogP contribution >= 0.6 is 0 Å². The highest BCUT2D eigenvalue weighted by atomic mass is 19.1. The van der Waals surface area contributed by atoms with Crippen LogP contribution < -0.4 is 10.6 Å². The van der Waals surface area contributed by atoms with Crippen LogP contribution in [0.15, 0.2) is 90.2 Å². The van der Waals surface area contributed by atoms with E-state index in [1.807, 2.05) is 70.2 Å². The molecule has 0 aliphatic carbocycles. The highest BCUT2D eigenvalue weighted by Gasteiger charge is 2.23. The Labute approximate surface area is 241 Å². The third-order valence-corrected chi connectivity index (χ3v) is 6.11. The second-order valence-electron chi connectivity index (χ2n) is 10.0. The number of nitrogens with one attached hydrogen (secondary N) is 2. The molecule has 0 fully saturated rings. The van der Waals surface area contributed by atoms with E-state index in [0.29, 0.717) is 28.1 Å². The van der Waals surface area contributed by atoms with E-state index in [9.17, 15) is 24.2 Å². The van der Waals surface area contributed by atoms with Crippen molar-refractivity contribution in [3.05, 3.63) is 107 Å². The minimum Gasteiger partial charge on any atom is -0.481 e. The lowest BCUT2D eigenvalue weighted by molar-refractivity contribution is -0.139. The van der Waals surface area contributed by atoms with Gasteiger partial charge in [-0.1, -0.05) is 62.4 Å². The molecule has 7 nitrogen and oxygen atoms in total. The molecule has 1 amide bonds. The van der Waals surface area contributed by atoms with E-state index in [1.54, 1.807) is 24.3 Å². The van der Waals surface area contributed by atoms with E-state index in [1.165, 1.54) is 12.1 Å². The van der Waals surface area contributed by atoms with Crippen molar-refractivity contribution in [2.24, 2.45) is 5.92 Å². The molecular weight excluding hydrogens is 523 g/mol. The number of aliphatic carboxylic acids is 1. The van der Waals surface area contributed by atoms with E-state index in [2.05, 4.69) is 10.6 Å². The number of carboxylic acids is 1. The van der Waals surface area contributed by atoms with Crippen LogP contribution in [0.4, 0.5) is 4.39 Å². The summed E-state index contributed by atoms with van der Waals surface area (Å²) >= 11 is 0. The molecule has 220 valence electrons. The summed E-state index contributed by atoms with van der Waals surface area (Å²) in [6, 6.07) is 15.3. The number of carboxylic acid groups (broad SMARTS) is 1.